The summed E-state index contributed by atoms with van der Waals surface area (Å²) in [6.07, 6.45) is 7.68. The molecule has 8 heteroatoms. The first-order valence-electron chi connectivity index (χ1n) is 11.1. The van der Waals surface area contributed by atoms with Crippen LogP contribution in [0.2, 0.25) is 0 Å². The number of rotatable bonds is 6. The smallest absolute Gasteiger partial charge is 0.258 e. The minimum atomic E-state index is -0.563. The largest absolute Gasteiger partial charge is 0.322 e. The summed E-state index contributed by atoms with van der Waals surface area (Å²) in [6, 6.07) is 10.5. The van der Waals surface area contributed by atoms with Crippen LogP contribution in [0.4, 0.5) is 10.1 Å². The number of anilines is 1. The van der Waals surface area contributed by atoms with Gasteiger partial charge in [0.05, 0.1) is 23.3 Å². The molecule has 2 heterocycles. The van der Waals surface area contributed by atoms with E-state index in [4.69, 9.17) is 0 Å². The lowest BCUT2D eigenvalue weighted by Crippen LogP contribution is -2.15. The Balaban J connectivity index is 1.42. The van der Waals surface area contributed by atoms with E-state index in [9.17, 15) is 9.18 Å². The van der Waals surface area contributed by atoms with Gasteiger partial charge in [0.1, 0.15) is 12.1 Å². The molecule has 5 rings (SSSR count). The fourth-order valence-electron chi connectivity index (χ4n) is 3.93. The standard InChI is InChI=1S/C25H25FN6O/c1-15(2)32-14-28-30-24(32)18-5-4-6-19(10-18)29-25(33)20-11-23(16(3)9-21(20)26)31-12-22(27-13-31)17-7-8-17/h4-6,9-15,17H,7-8H2,1-3H3,(H,29,33). The van der Waals surface area contributed by atoms with Crippen LogP contribution in [0, 0.1) is 12.7 Å². The predicted molar refractivity (Wildman–Crippen MR) is 124 cm³/mol. The molecule has 1 saturated carbocycles. The van der Waals surface area contributed by atoms with E-state index in [-0.39, 0.29) is 11.6 Å². The highest BCUT2D eigenvalue weighted by molar-refractivity contribution is 6.05. The molecule has 0 bridgehead atoms. The lowest BCUT2D eigenvalue weighted by atomic mass is 10.1. The first kappa shape index (κ1) is 21.1. The molecule has 0 radical (unpaired) electrons. The normalized spacial score (nSPS) is 13.5. The van der Waals surface area contributed by atoms with Crippen LogP contribution in [-0.2, 0) is 0 Å². The second-order valence-electron chi connectivity index (χ2n) is 8.79. The van der Waals surface area contributed by atoms with Crippen LogP contribution in [0.15, 0.2) is 55.2 Å². The van der Waals surface area contributed by atoms with Crippen molar-refractivity contribution in [3.8, 4) is 17.1 Å². The van der Waals surface area contributed by atoms with Crippen LogP contribution in [0.5, 0.6) is 0 Å². The van der Waals surface area contributed by atoms with Crippen molar-refractivity contribution in [2.24, 2.45) is 0 Å². The van der Waals surface area contributed by atoms with Gasteiger partial charge in [-0.05, 0) is 63.4 Å². The molecule has 1 fully saturated rings. The first-order valence-corrected chi connectivity index (χ1v) is 11.1. The van der Waals surface area contributed by atoms with Crippen molar-refractivity contribution in [3.05, 3.63) is 77.9 Å². The Bertz CT molecular complexity index is 1330. The molecule has 4 aromatic rings. The number of carbonyl (C=O) groups excluding carboxylic acids is 1. The summed E-state index contributed by atoms with van der Waals surface area (Å²) >= 11 is 0. The van der Waals surface area contributed by atoms with E-state index in [0.29, 0.717) is 17.4 Å². The number of aryl methyl sites for hydroxylation is 1. The molecular weight excluding hydrogens is 419 g/mol. The lowest BCUT2D eigenvalue weighted by molar-refractivity contribution is 0.102. The maximum Gasteiger partial charge on any atom is 0.258 e. The van der Waals surface area contributed by atoms with Crippen LogP contribution in [-0.4, -0.2) is 30.2 Å². The highest BCUT2D eigenvalue weighted by Crippen LogP contribution is 2.39. The van der Waals surface area contributed by atoms with Crippen molar-refractivity contribution in [2.45, 2.75) is 45.6 Å². The molecule has 0 unspecified atom stereocenters. The van der Waals surface area contributed by atoms with Crippen LogP contribution < -0.4 is 5.32 Å². The van der Waals surface area contributed by atoms with E-state index in [2.05, 4.69) is 20.5 Å². The highest BCUT2D eigenvalue weighted by Gasteiger charge is 2.26. The number of hydrogen-bond acceptors (Lipinski definition) is 4. The molecule has 168 valence electrons. The second-order valence-corrected chi connectivity index (χ2v) is 8.79. The number of carbonyl (C=O) groups is 1. The van der Waals surface area contributed by atoms with E-state index >= 15 is 0 Å². The maximum absolute atomic E-state index is 14.8. The molecule has 1 N–H and O–H groups in total. The first-order chi connectivity index (χ1) is 15.9. The molecule has 1 aliphatic rings. The number of hydrogen-bond donors (Lipinski definition) is 1. The molecule has 0 spiro atoms. The van der Waals surface area contributed by atoms with Crippen LogP contribution in [0.1, 0.15) is 60.3 Å². The number of halogens is 1. The molecule has 0 atom stereocenters. The number of benzene rings is 2. The summed E-state index contributed by atoms with van der Waals surface area (Å²) in [5.41, 5.74) is 3.86. The van der Waals surface area contributed by atoms with Gasteiger partial charge in [0.15, 0.2) is 5.82 Å². The average Bonchev–Trinajstić information content (AvgIpc) is 3.31. The lowest BCUT2D eigenvalue weighted by Gasteiger charge is -2.13. The molecule has 2 aromatic carbocycles. The Morgan fingerprint density at radius 3 is 2.76 bits per heavy atom. The predicted octanol–water partition coefficient (Wildman–Crippen LogP) is 5.29. The number of amides is 1. The molecule has 1 aliphatic carbocycles. The fourth-order valence-corrected chi connectivity index (χ4v) is 3.93. The van der Waals surface area contributed by atoms with Crippen LogP contribution in [0.25, 0.3) is 17.1 Å². The summed E-state index contributed by atoms with van der Waals surface area (Å²) in [7, 11) is 0. The Hall–Kier alpha value is -3.81. The Morgan fingerprint density at radius 1 is 1.18 bits per heavy atom. The van der Waals surface area contributed by atoms with Crippen LogP contribution >= 0.6 is 0 Å². The third-order valence-electron chi connectivity index (χ3n) is 5.91. The third kappa shape index (κ3) is 4.16. The summed E-state index contributed by atoms with van der Waals surface area (Å²) in [5, 5.41) is 11.0. The van der Waals surface area contributed by atoms with Crippen molar-refractivity contribution in [1.29, 1.82) is 0 Å². The fraction of sp³-hybridized carbons (Fsp3) is 0.280. The van der Waals surface area contributed by atoms with Gasteiger partial charge in [0, 0.05) is 29.4 Å². The zero-order chi connectivity index (χ0) is 23.1. The van der Waals surface area contributed by atoms with Gasteiger partial charge in [0.2, 0.25) is 0 Å². The molecule has 1 amide bonds. The van der Waals surface area contributed by atoms with Gasteiger partial charge in [-0.1, -0.05) is 12.1 Å². The minimum Gasteiger partial charge on any atom is -0.322 e. The number of nitrogens with one attached hydrogen (secondary N) is 1. The minimum absolute atomic E-state index is 0.0203. The number of aromatic nitrogens is 5. The molecule has 33 heavy (non-hydrogen) atoms. The highest BCUT2D eigenvalue weighted by atomic mass is 19.1. The summed E-state index contributed by atoms with van der Waals surface area (Å²) < 4.78 is 18.6. The van der Waals surface area contributed by atoms with Crippen molar-refractivity contribution in [2.75, 3.05) is 5.32 Å². The zero-order valence-electron chi connectivity index (χ0n) is 18.8. The number of nitrogens with zero attached hydrogens (tertiary/aromatic N) is 5. The topological polar surface area (TPSA) is 77.6 Å². The van der Waals surface area contributed by atoms with Gasteiger partial charge in [-0.3, -0.25) is 4.79 Å². The maximum atomic E-state index is 14.8. The second kappa shape index (κ2) is 8.27. The number of imidazole rings is 1. The quantitative estimate of drug-likeness (QED) is 0.438. The monoisotopic (exact) mass is 444 g/mol. The molecule has 0 saturated heterocycles. The Morgan fingerprint density at radius 2 is 2.00 bits per heavy atom. The van der Waals surface area contributed by atoms with E-state index in [1.807, 2.05) is 54.3 Å². The van der Waals surface area contributed by atoms with Crippen molar-refractivity contribution in [1.82, 2.24) is 24.3 Å². The molecule has 2 aromatic heterocycles. The van der Waals surface area contributed by atoms with Crippen LogP contribution in [0.3, 0.4) is 0 Å². The van der Waals surface area contributed by atoms with Crippen molar-refractivity contribution < 1.29 is 9.18 Å². The van der Waals surface area contributed by atoms with Crippen molar-refractivity contribution in [3.63, 3.8) is 0 Å². The molecular formula is C25H25FN6O. The van der Waals surface area contributed by atoms with Crippen molar-refractivity contribution >= 4 is 11.6 Å². The summed E-state index contributed by atoms with van der Waals surface area (Å²) in [6.45, 7) is 5.92. The van der Waals surface area contributed by atoms with Gasteiger partial charge in [-0.15, -0.1) is 10.2 Å². The summed E-state index contributed by atoms with van der Waals surface area (Å²) in [5.74, 6) is 0.144. The Labute approximate surface area is 191 Å². The van der Waals surface area contributed by atoms with Gasteiger partial charge >= 0.3 is 0 Å². The van der Waals surface area contributed by atoms with E-state index in [1.165, 1.54) is 6.07 Å². The van der Waals surface area contributed by atoms with Gasteiger partial charge < -0.3 is 14.5 Å². The van der Waals surface area contributed by atoms with E-state index in [0.717, 1.165) is 35.3 Å². The average molecular weight is 445 g/mol. The van der Waals surface area contributed by atoms with Gasteiger partial charge in [-0.25, -0.2) is 9.37 Å². The molecule has 0 aliphatic heterocycles. The van der Waals surface area contributed by atoms with Gasteiger partial charge in [0.25, 0.3) is 5.91 Å². The Kier molecular flexibility index (Phi) is 5.28. The molecule has 7 nitrogen and oxygen atoms in total. The van der Waals surface area contributed by atoms with Gasteiger partial charge in [-0.2, -0.15) is 0 Å². The third-order valence-corrected chi connectivity index (χ3v) is 5.91. The zero-order valence-corrected chi connectivity index (χ0v) is 18.8. The van der Waals surface area contributed by atoms with E-state index in [1.54, 1.807) is 24.8 Å². The van der Waals surface area contributed by atoms with E-state index < -0.39 is 11.7 Å². The summed E-state index contributed by atoms with van der Waals surface area (Å²) in [4.78, 5) is 17.5. The SMILES string of the molecule is Cc1cc(F)c(C(=O)Nc2cccc(-c3nncn3C(C)C)c2)cc1-n1cnc(C2CC2)c1.